The number of piperidine rings is 1. The second-order valence-electron chi connectivity index (χ2n) is 5.95. The standard InChI is InChI=1S/C16H21Cl2NO3/c1-10(9-20)16(22)19-4-2-11(3-5-19)6-12-7-13(17)14(18)8-15(12)21/h7-8,10-11,20-21H,2-6,9H2,1H3. The fourth-order valence-electron chi connectivity index (χ4n) is 2.80. The van der Waals surface area contributed by atoms with Crippen LogP contribution in [0.3, 0.4) is 0 Å². The summed E-state index contributed by atoms with van der Waals surface area (Å²) in [5.74, 6) is 0.243. The fourth-order valence-corrected chi connectivity index (χ4v) is 3.14. The summed E-state index contributed by atoms with van der Waals surface area (Å²) in [5.41, 5.74) is 0.794. The number of hydrogen-bond donors (Lipinski definition) is 2. The van der Waals surface area contributed by atoms with Gasteiger partial charge in [-0.25, -0.2) is 0 Å². The zero-order chi connectivity index (χ0) is 16.3. The van der Waals surface area contributed by atoms with Crippen molar-refractivity contribution in [1.29, 1.82) is 0 Å². The van der Waals surface area contributed by atoms with E-state index >= 15 is 0 Å². The van der Waals surface area contributed by atoms with Gasteiger partial charge in [-0.05, 0) is 36.8 Å². The number of phenolic OH excluding ortho intramolecular Hbond substituents is 1. The minimum atomic E-state index is -0.337. The van der Waals surface area contributed by atoms with Gasteiger partial charge in [-0.3, -0.25) is 4.79 Å². The van der Waals surface area contributed by atoms with E-state index in [1.54, 1.807) is 13.0 Å². The molecule has 1 saturated heterocycles. The molecule has 0 bridgehead atoms. The number of carbonyl (C=O) groups excluding carboxylic acids is 1. The van der Waals surface area contributed by atoms with Gasteiger partial charge in [-0.2, -0.15) is 0 Å². The first kappa shape index (κ1) is 17.4. The summed E-state index contributed by atoms with van der Waals surface area (Å²) in [7, 11) is 0. The van der Waals surface area contributed by atoms with Crippen LogP contribution in [0, 0.1) is 11.8 Å². The number of amides is 1. The number of nitrogens with zero attached hydrogens (tertiary/aromatic N) is 1. The molecule has 0 aliphatic carbocycles. The molecule has 1 aromatic rings. The van der Waals surface area contributed by atoms with E-state index in [0.29, 0.717) is 29.1 Å². The molecule has 0 radical (unpaired) electrons. The van der Waals surface area contributed by atoms with Crippen molar-refractivity contribution in [3.63, 3.8) is 0 Å². The van der Waals surface area contributed by atoms with E-state index in [1.807, 2.05) is 4.90 Å². The molecule has 2 rings (SSSR count). The number of likely N-dealkylation sites (tertiary alicyclic amines) is 1. The monoisotopic (exact) mass is 345 g/mol. The third-order valence-electron chi connectivity index (χ3n) is 4.25. The highest BCUT2D eigenvalue weighted by atomic mass is 35.5. The van der Waals surface area contributed by atoms with Gasteiger partial charge in [-0.15, -0.1) is 0 Å². The van der Waals surface area contributed by atoms with Gasteiger partial charge in [-0.1, -0.05) is 30.1 Å². The van der Waals surface area contributed by atoms with E-state index in [-0.39, 0.29) is 24.2 Å². The maximum Gasteiger partial charge on any atom is 0.227 e. The van der Waals surface area contributed by atoms with Gasteiger partial charge in [0.05, 0.1) is 22.6 Å². The lowest BCUT2D eigenvalue weighted by Gasteiger charge is -2.33. The zero-order valence-electron chi connectivity index (χ0n) is 12.6. The summed E-state index contributed by atoms with van der Waals surface area (Å²) < 4.78 is 0. The summed E-state index contributed by atoms with van der Waals surface area (Å²) in [6, 6.07) is 3.19. The highest BCUT2D eigenvalue weighted by Crippen LogP contribution is 2.33. The van der Waals surface area contributed by atoms with Crippen LogP contribution < -0.4 is 0 Å². The Morgan fingerprint density at radius 2 is 1.91 bits per heavy atom. The minimum absolute atomic E-state index is 0.0123. The first-order valence-electron chi connectivity index (χ1n) is 7.49. The average molecular weight is 346 g/mol. The van der Waals surface area contributed by atoms with Crippen LogP contribution >= 0.6 is 23.2 Å². The molecule has 122 valence electrons. The van der Waals surface area contributed by atoms with Crippen molar-refractivity contribution in [3.05, 3.63) is 27.7 Å². The van der Waals surface area contributed by atoms with Gasteiger partial charge < -0.3 is 15.1 Å². The van der Waals surface area contributed by atoms with E-state index in [2.05, 4.69) is 0 Å². The molecule has 1 fully saturated rings. The molecule has 22 heavy (non-hydrogen) atoms. The number of hydrogen-bond acceptors (Lipinski definition) is 3. The maximum absolute atomic E-state index is 12.0. The van der Waals surface area contributed by atoms with Crippen LogP contribution in [0.15, 0.2) is 12.1 Å². The molecule has 1 aliphatic rings. The van der Waals surface area contributed by atoms with Crippen LogP contribution in [-0.4, -0.2) is 40.7 Å². The Morgan fingerprint density at radius 1 is 1.32 bits per heavy atom. The lowest BCUT2D eigenvalue weighted by Crippen LogP contribution is -2.42. The lowest BCUT2D eigenvalue weighted by molar-refractivity contribution is -0.137. The molecular weight excluding hydrogens is 325 g/mol. The number of aliphatic hydroxyl groups is 1. The molecule has 0 saturated carbocycles. The van der Waals surface area contributed by atoms with Crippen molar-refractivity contribution in [3.8, 4) is 5.75 Å². The van der Waals surface area contributed by atoms with Crippen LogP contribution in [0.5, 0.6) is 5.75 Å². The Balaban J connectivity index is 1.93. The van der Waals surface area contributed by atoms with E-state index in [4.69, 9.17) is 28.3 Å². The van der Waals surface area contributed by atoms with Crippen molar-refractivity contribution in [1.82, 2.24) is 4.90 Å². The van der Waals surface area contributed by atoms with Gasteiger partial charge in [0.25, 0.3) is 0 Å². The second kappa shape index (κ2) is 7.53. The minimum Gasteiger partial charge on any atom is -0.508 e. The molecule has 1 aromatic carbocycles. The predicted octanol–water partition coefficient (Wildman–Crippen LogP) is 3.11. The number of halogens is 2. The van der Waals surface area contributed by atoms with E-state index in [1.165, 1.54) is 6.07 Å². The summed E-state index contributed by atoms with van der Waals surface area (Å²) in [6.07, 6.45) is 2.48. The number of rotatable bonds is 4. The summed E-state index contributed by atoms with van der Waals surface area (Å²) in [5, 5.41) is 19.8. The lowest BCUT2D eigenvalue weighted by atomic mass is 9.89. The molecule has 1 atom stereocenters. The van der Waals surface area contributed by atoms with Gasteiger partial charge in [0.1, 0.15) is 5.75 Å². The van der Waals surface area contributed by atoms with Crippen molar-refractivity contribution < 1.29 is 15.0 Å². The summed E-state index contributed by atoms with van der Waals surface area (Å²) >= 11 is 11.9. The van der Waals surface area contributed by atoms with E-state index in [0.717, 1.165) is 24.8 Å². The van der Waals surface area contributed by atoms with Crippen molar-refractivity contribution in [2.24, 2.45) is 11.8 Å². The SMILES string of the molecule is CC(CO)C(=O)N1CCC(Cc2cc(Cl)c(Cl)cc2O)CC1. The molecule has 2 N–H and O–H groups in total. The number of benzene rings is 1. The molecule has 0 aromatic heterocycles. The fraction of sp³-hybridized carbons (Fsp3) is 0.562. The Bertz CT molecular complexity index is 542. The summed E-state index contributed by atoms with van der Waals surface area (Å²) in [6.45, 7) is 3.00. The molecule has 1 unspecified atom stereocenters. The van der Waals surface area contributed by atoms with Crippen LogP contribution in [-0.2, 0) is 11.2 Å². The van der Waals surface area contributed by atoms with Gasteiger partial charge >= 0.3 is 0 Å². The van der Waals surface area contributed by atoms with Gasteiger partial charge in [0, 0.05) is 19.2 Å². The van der Waals surface area contributed by atoms with Gasteiger partial charge in [0.2, 0.25) is 5.91 Å². The quantitative estimate of drug-likeness (QED) is 0.881. The normalized spacial score (nSPS) is 17.5. The molecule has 1 aliphatic heterocycles. The molecule has 6 heteroatoms. The first-order valence-corrected chi connectivity index (χ1v) is 8.24. The van der Waals surface area contributed by atoms with Crippen LogP contribution in [0.4, 0.5) is 0 Å². The number of phenols is 1. The Hall–Kier alpha value is -0.970. The van der Waals surface area contributed by atoms with Crippen LogP contribution in [0.25, 0.3) is 0 Å². The maximum atomic E-state index is 12.0. The Labute approximate surface area is 140 Å². The average Bonchev–Trinajstić information content (AvgIpc) is 2.52. The molecular formula is C16H21Cl2NO3. The second-order valence-corrected chi connectivity index (χ2v) is 6.77. The Kier molecular flexibility index (Phi) is 5.95. The largest absolute Gasteiger partial charge is 0.508 e. The molecule has 4 nitrogen and oxygen atoms in total. The highest BCUT2D eigenvalue weighted by molar-refractivity contribution is 6.42. The number of carbonyl (C=O) groups is 1. The van der Waals surface area contributed by atoms with Crippen molar-refractivity contribution in [2.45, 2.75) is 26.2 Å². The van der Waals surface area contributed by atoms with E-state index < -0.39 is 0 Å². The van der Waals surface area contributed by atoms with Gasteiger partial charge in [0.15, 0.2) is 0 Å². The van der Waals surface area contributed by atoms with E-state index in [9.17, 15) is 9.90 Å². The van der Waals surface area contributed by atoms with Crippen LogP contribution in [0.1, 0.15) is 25.3 Å². The van der Waals surface area contributed by atoms with Crippen LogP contribution in [0.2, 0.25) is 10.0 Å². The molecule has 1 heterocycles. The number of aromatic hydroxyl groups is 1. The zero-order valence-corrected chi connectivity index (χ0v) is 14.1. The summed E-state index contributed by atoms with van der Waals surface area (Å²) in [4.78, 5) is 13.8. The van der Waals surface area contributed by atoms with Crippen molar-refractivity contribution in [2.75, 3.05) is 19.7 Å². The van der Waals surface area contributed by atoms with Crippen molar-refractivity contribution >= 4 is 29.1 Å². The third kappa shape index (κ3) is 4.06. The smallest absolute Gasteiger partial charge is 0.227 e. The Morgan fingerprint density at radius 3 is 2.50 bits per heavy atom. The third-order valence-corrected chi connectivity index (χ3v) is 4.97. The topological polar surface area (TPSA) is 60.8 Å². The first-order chi connectivity index (χ1) is 10.4. The number of aliphatic hydroxyl groups excluding tert-OH is 1. The molecule has 0 spiro atoms. The highest BCUT2D eigenvalue weighted by Gasteiger charge is 2.26. The molecule has 1 amide bonds. The predicted molar refractivity (Wildman–Crippen MR) is 87.4 cm³/mol.